The van der Waals surface area contributed by atoms with Crippen molar-refractivity contribution in [1.29, 1.82) is 0 Å². The molecule has 0 radical (unpaired) electrons. The molecule has 2 rings (SSSR count). The maximum absolute atomic E-state index is 11.7. The van der Waals surface area contributed by atoms with Gasteiger partial charge in [0.15, 0.2) is 6.10 Å². The van der Waals surface area contributed by atoms with E-state index in [4.69, 9.17) is 4.74 Å². The Kier molecular flexibility index (Phi) is 7.36. The van der Waals surface area contributed by atoms with Crippen LogP contribution in [-0.4, -0.2) is 30.1 Å². The Morgan fingerprint density at radius 3 is 2.54 bits per heavy atom. The summed E-state index contributed by atoms with van der Waals surface area (Å²) in [6.45, 7) is 4.61. The van der Waals surface area contributed by atoms with E-state index in [1.54, 1.807) is 0 Å². The van der Waals surface area contributed by atoms with Gasteiger partial charge in [-0.25, -0.2) is 4.79 Å². The highest BCUT2D eigenvalue weighted by atomic mass is 16.5. The van der Waals surface area contributed by atoms with Crippen LogP contribution in [0.3, 0.4) is 0 Å². The molecule has 2 unspecified atom stereocenters. The van der Waals surface area contributed by atoms with E-state index in [0.717, 1.165) is 22.3 Å². The fraction of sp³-hybridized carbons (Fsp3) is 0.333. The summed E-state index contributed by atoms with van der Waals surface area (Å²) in [7, 11) is 0. The summed E-state index contributed by atoms with van der Waals surface area (Å²) in [5, 5.41) is 12.2. The maximum atomic E-state index is 11.7. The summed E-state index contributed by atoms with van der Waals surface area (Å²) in [6, 6.07) is 15.5. The molecule has 26 heavy (non-hydrogen) atoms. The average molecular weight is 355 g/mol. The fourth-order valence-corrected chi connectivity index (χ4v) is 3.06. The number of rotatable bonds is 10. The standard InChI is InChI=1S/C21H25NO4/c1-15-8-9-19(16(2)10-15)18(12-22-14-23)11-20(21(24)25)26-13-17-6-4-3-5-7-17/h3-10,14,18,20H,11-13H2,1-2H3,(H,22,23)(H,24,25). The quantitative estimate of drug-likeness (QED) is 0.642. The van der Waals surface area contributed by atoms with E-state index >= 15 is 0 Å². The minimum absolute atomic E-state index is 0.141. The van der Waals surface area contributed by atoms with Crippen LogP contribution in [0.5, 0.6) is 0 Å². The maximum Gasteiger partial charge on any atom is 0.332 e. The van der Waals surface area contributed by atoms with E-state index in [1.807, 2.05) is 56.3 Å². The van der Waals surface area contributed by atoms with Crippen LogP contribution in [-0.2, 0) is 20.9 Å². The van der Waals surface area contributed by atoms with Gasteiger partial charge in [-0.05, 0) is 37.0 Å². The molecule has 0 fully saturated rings. The molecule has 0 heterocycles. The number of ether oxygens (including phenoxy) is 1. The minimum atomic E-state index is -0.998. The van der Waals surface area contributed by atoms with Crippen LogP contribution < -0.4 is 5.32 Å². The van der Waals surface area contributed by atoms with Gasteiger partial charge in [-0.2, -0.15) is 0 Å². The minimum Gasteiger partial charge on any atom is -0.479 e. The van der Waals surface area contributed by atoms with Crippen molar-refractivity contribution in [2.24, 2.45) is 0 Å². The lowest BCUT2D eigenvalue weighted by Crippen LogP contribution is -2.30. The average Bonchev–Trinajstić information content (AvgIpc) is 2.62. The molecule has 0 aliphatic carbocycles. The molecular formula is C21H25NO4. The zero-order valence-corrected chi connectivity index (χ0v) is 15.1. The lowest BCUT2D eigenvalue weighted by molar-refractivity contribution is -0.152. The molecule has 2 aromatic carbocycles. The lowest BCUT2D eigenvalue weighted by Gasteiger charge is -2.23. The van der Waals surface area contributed by atoms with E-state index in [9.17, 15) is 14.7 Å². The zero-order chi connectivity index (χ0) is 18.9. The van der Waals surface area contributed by atoms with Crippen LogP contribution in [0.4, 0.5) is 0 Å². The SMILES string of the molecule is Cc1ccc(C(CNC=O)CC(OCc2ccccc2)C(=O)O)c(C)c1. The lowest BCUT2D eigenvalue weighted by atomic mass is 9.89. The Hall–Kier alpha value is -2.66. The second kappa shape index (κ2) is 9.73. The normalized spacial score (nSPS) is 13.0. The summed E-state index contributed by atoms with van der Waals surface area (Å²) < 4.78 is 5.67. The third-order valence-electron chi connectivity index (χ3n) is 4.38. The molecule has 2 aromatic rings. The van der Waals surface area contributed by atoms with Gasteiger partial charge >= 0.3 is 5.97 Å². The van der Waals surface area contributed by atoms with Crippen LogP contribution in [0.15, 0.2) is 48.5 Å². The first-order chi connectivity index (χ1) is 12.5. The van der Waals surface area contributed by atoms with E-state index in [2.05, 4.69) is 11.4 Å². The van der Waals surface area contributed by atoms with Gasteiger partial charge in [0.1, 0.15) is 0 Å². The van der Waals surface area contributed by atoms with Crippen LogP contribution >= 0.6 is 0 Å². The molecular weight excluding hydrogens is 330 g/mol. The summed E-state index contributed by atoms with van der Waals surface area (Å²) in [4.78, 5) is 22.4. The highest BCUT2D eigenvalue weighted by Crippen LogP contribution is 2.26. The molecule has 2 atom stereocenters. The number of aliphatic carboxylic acids is 1. The van der Waals surface area contributed by atoms with Crippen molar-refractivity contribution in [2.45, 2.75) is 38.9 Å². The second-order valence-electron chi connectivity index (χ2n) is 6.44. The predicted octanol–water partition coefficient (Wildman–Crippen LogP) is 3.19. The van der Waals surface area contributed by atoms with E-state index in [-0.39, 0.29) is 18.9 Å². The van der Waals surface area contributed by atoms with Gasteiger partial charge in [0.05, 0.1) is 6.61 Å². The van der Waals surface area contributed by atoms with Crippen molar-refractivity contribution >= 4 is 12.4 Å². The van der Waals surface area contributed by atoms with Crippen LogP contribution in [0, 0.1) is 13.8 Å². The number of benzene rings is 2. The van der Waals surface area contributed by atoms with Crippen LogP contribution in [0.25, 0.3) is 0 Å². The molecule has 0 aliphatic heterocycles. The Balaban J connectivity index is 2.14. The molecule has 1 amide bonds. The van der Waals surface area contributed by atoms with Crippen molar-refractivity contribution in [1.82, 2.24) is 5.32 Å². The largest absolute Gasteiger partial charge is 0.479 e. The molecule has 138 valence electrons. The van der Waals surface area contributed by atoms with Gasteiger partial charge in [0, 0.05) is 12.5 Å². The Bertz CT molecular complexity index is 730. The highest BCUT2D eigenvalue weighted by Gasteiger charge is 2.25. The Morgan fingerprint density at radius 2 is 1.92 bits per heavy atom. The van der Waals surface area contributed by atoms with Crippen molar-refractivity contribution in [2.75, 3.05) is 6.54 Å². The second-order valence-corrected chi connectivity index (χ2v) is 6.44. The summed E-state index contributed by atoms with van der Waals surface area (Å²) >= 11 is 0. The van der Waals surface area contributed by atoms with E-state index in [0.29, 0.717) is 13.0 Å². The predicted molar refractivity (Wildman–Crippen MR) is 100.0 cm³/mol. The van der Waals surface area contributed by atoms with Crippen molar-refractivity contribution in [3.8, 4) is 0 Å². The van der Waals surface area contributed by atoms with Gasteiger partial charge in [0.25, 0.3) is 0 Å². The molecule has 5 nitrogen and oxygen atoms in total. The van der Waals surface area contributed by atoms with Gasteiger partial charge in [-0.3, -0.25) is 4.79 Å². The van der Waals surface area contributed by atoms with Crippen molar-refractivity contribution in [3.63, 3.8) is 0 Å². The molecule has 0 aromatic heterocycles. The molecule has 0 aliphatic rings. The number of carbonyl (C=O) groups excluding carboxylic acids is 1. The number of hydrogen-bond acceptors (Lipinski definition) is 3. The molecule has 0 bridgehead atoms. The summed E-state index contributed by atoms with van der Waals surface area (Å²) in [5.41, 5.74) is 4.17. The zero-order valence-electron chi connectivity index (χ0n) is 15.1. The summed E-state index contributed by atoms with van der Waals surface area (Å²) in [5.74, 6) is -1.14. The van der Waals surface area contributed by atoms with Gasteiger partial charge in [-0.15, -0.1) is 0 Å². The van der Waals surface area contributed by atoms with Crippen molar-refractivity contribution < 1.29 is 19.4 Å². The first-order valence-corrected chi connectivity index (χ1v) is 8.63. The number of carboxylic acid groups (broad SMARTS) is 1. The molecule has 5 heteroatoms. The third kappa shape index (κ3) is 5.70. The van der Waals surface area contributed by atoms with Gasteiger partial charge in [-0.1, -0.05) is 54.1 Å². The molecule has 0 saturated carbocycles. The first-order valence-electron chi connectivity index (χ1n) is 8.63. The van der Waals surface area contributed by atoms with Gasteiger partial charge < -0.3 is 15.2 Å². The number of carboxylic acids is 1. The molecule has 0 spiro atoms. The monoisotopic (exact) mass is 355 g/mol. The highest BCUT2D eigenvalue weighted by molar-refractivity contribution is 5.72. The van der Waals surface area contributed by atoms with Gasteiger partial charge in [0.2, 0.25) is 6.41 Å². The fourth-order valence-electron chi connectivity index (χ4n) is 3.06. The Morgan fingerprint density at radius 1 is 1.19 bits per heavy atom. The summed E-state index contributed by atoms with van der Waals surface area (Å²) in [6.07, 6.45) is -0.0290. The smallest absolute Gasteiger partial charge is 0.332 e. The van der Waals surface area contributed by atoms with Crippen molar-refractivity contribution in [3.05, 3.63) is 70.8 Å². The van der Waals surface area contributed by atoms with E-state index in [1.165, 1.54) is 0 Å². The number of amides is 1. The van der Waals surface area contributed by atoms with Crippen LogP contribution in [0.1, 0.15) is 34.6 Å². The molecule has 2 N–H and O–H groups in total. The van der Waals surface area contributed by atoms with E-state index < -0.39 is 12.1 Å². The topological polar surface area (TPSA) is 75.6 Å². The Labute approximate surface area is 154 Å². The number of carbonyl (C=O) groups is 2. The number of aryl methyl sites for hydroxylation is 2. The van der Waals surface area contributed by atoms with Crippen LogP contribution in [0.2, 0.25) is 0 Å². The first kappa shape index (κ1) is 19.7. The third-order valence-corrected chi connectivity index (χ3v) is 4.38. The molecule has 0 saturated heterocycles. The number of hydrogen-bond donors (Lipinski definition) is 2. The number of nitrogens with one attached hydrogen (secondary N) is 1.